The number of halogens is 3. The lowest BCUT2D eigenvalue weighted by molar-refractivity contribution is -0.603. The Morgan fingerprint density at radius 1 is 1.00 bits per heavy atom. The van der Waals surface area contributed by atoms with E-state index in [1.165, 1.54) is 24.3 Å². The minimum absolute atomic E-state index is 0.276. The maximum atomic E-state index is 13.0. The summed E-state index contributed by atoms with van der Waals surface area (Å²) in [6.07, 6.45) is 0. The van der Waals surface area contributed by atoms with E-state index in [-0.39, 0.29) is 11.6 Å². The average molecular weight is 428 g/mol. The van der Waals surface area contributed by atoms with Gasteiger partial charge in [-0.05, 0) is 24.3 Å². The fraction of sp³-hybridized carbons (Fsp3) is 0. The molecule has 1 aliphatic rings. The molecule has 1 heterocycles. The zero-order valence-corrected chi connectivity index (χ0v) is 13.1. The second-order valence-electron chi connectivity index (χ2n) is 3.77. The Bertz CT molecular complexity index is 722. The Hall–Kier alpha value is -1.30. The van der Waals surface area contributed by atoms with Gasteiger partial charge >= 0.3 is 21.2 Å². The van der Waals surface area contributed by atoms with Crippen molar-refractivity contribution in [1.29, 1.82) is 0 Å². The Morgan fingerprint density at radius 2 is 1.38 bits per heavy atom. The number of fused-ring (bicyclic) bond motifs is 2. The highest BCUT2D eigenvalue weighted by atomic mass is 127. The second-order valence-corrected chi connectivity index (χ2v) is 7.49. The van der Waals surface area contributed by atoms with Crippen LogP contribution in [0.2, 0.25) is 0 Å². The summed E-state index contributed by atoms with van der Waals surface area (Å²) >= 11 is -0.563. The first-order valence-electron chi connectivity index (χ1n) is 5.32. The normalized spacial score (nSPS) is 12.4. The molecule has 21 heavy (non-hydrogen) atoms. The average Bonchev–Trinajstić information content (AvgIpc) is 2.34. The zero-order chi connectivity index (χ0) is 15.6. The van der Waals surface area contributed by atoms with Crippen molar-refractivity contribution in [3.8, 4) is 11.5 Å². The van der Waals surface area contributed by atoms with Gasteiger partial charge in [-0.2, -0.15) is 0 Å². The van der Waals surface area contributed by atoms with E-state index in [1.807, 2.05) is 0 Å². The molecule has 0 unspecified atom stereocenters. The molecule has 2 aromatic carbocycles. The van der Waals surface area contributed by atoms with Gasteiger partial charge in [-0.1, -0.05) is 0 Å². The molecular formula is C12H7F2IO5S. The van der Waals surface area contributed by atoms with E-state index in [2.05, 4.69) is 0 Å². The van der Waals surface area contributed by atoms with Crippen molar-refractivity contribution in [1.82, 2.24) is 0 Å². The third-order valence-corrected chi connectivity index (χ3v) is 5.06. The number of rotatable bonds is 0. The van der Waals surface area contributed by atoms with E-state index in [0.29, 0.717) is 11.5 Å². The van der Waals surface area contributed by atoms with Gasteiger partial charge in [0.1, 0.15) is 11.6 Å². The predicted molar refractivity (Wildman–Crippen MR) is 62.6 cm³/mol. The minimum atomic E-state index is -4.92. The molecule has 0 aliphatic carbocycles. The molecule has 0 saturated heterocycles. The van der Waals surface area contributed by atoms with Crippen molar-refractivity contribution in [2.75, 3.05) is 0 Å². The maximum Gasteiger partial charge on any atom is 0.366 e. The summed E-state index contributed by atoms with van der Waals surface area (Å²) in [5.41, 5.74) is 0. The monoisotopic (exact) mass is 428 g/mol. The van der Waals surface area contributed by atoms with Crippen molar-refractivity contribution >= 4 is 10.4 Å². The molecule has 1 aliphatic heterocycles. The fourth-order valence-electron chi connectivity index (χ4n) is 1.49. The van der Waals surface area contributed by atoms with Crippen LogP contribution in [0.4, 0.5) is 8.78 Å². The van der Waals surface area contributed by atoms with E-state index in [1.54, 1.807) is 12.1 Å². The number of benzene rings is 2. The van der Waals surface area contributed by atoms with Gasteiger partial charge in [-0.3, -0.25) is 4.55 Å². The van der Waals surface area contributed by atoms with Crippen molar-refractivity contribution in [2.24, 2.45) is 0 Å². The first kappa shape index (κ1) is 16.1. The van der Waals surface area contributed by atoms with Crippen LogP contribution in [0.3, 0.4) is 0 Å². The van der Waals surface area contributed by atoms with Crippen molar-refractivity contribution in [3.05, 3.63) is 55.2 Å². The van der Waals surface area contributed by atoms with Crippen molar-refractivity contribution in [3.63, 3.8) is 0 Å². The van der Waals surface area contributed by atoms with E-state index >= 15 is 0 Å². The molecule has 0 bridgehead atoms. The van der Waals surface area contributed by atoms with Gasteiger partial charge in [0.15, 0.2) is 11.5 Å². The van der Waals surface area contributed by atoms with E-state index in [9.17, 15) is 8.78 Å². The summed E-state index contributed by atoms with van der Waals surface area (Å²) in [7, 11) is -4.92. The summed E-state index contributed by atoms with van der Waals surface area (Å²) in [6, 6.07) is 8.93. The molecule has 1 N–H and O–H groups in total. The Balaban J connectivity index is 0.000000282. The van der Waals surface area contributed by atoms with Crippen LogP contribution in [0.1, 0.15) is 0 Å². The highest BCUT2D eigenvalue weighted by Crippen LogP contribution is 2.24. The van der Waals surface area contributed by atoms with Crippen LogP contribution in [0.25, 0.3) is 0 Å². The standard InChI is InChI=1S/C12H6F2IO.H2O4S/c13-7-1-3-11-9(5-7)15-10-6-8(14)2-4-12(10)16-11;1-5(2,3)4/h1-6H;(H2,1,2,3,4)/q+1;/p-1. The van der Waals surface area contributed by atoms with Crippen LogP contribution < -0.4 is 25.9 Å². The van der Waals surface area contributed by atoms with Gasteiger partial charge in [0, 0.05) is 12.1 Å². The molecule has 0 spiro atoms. The topological polar surface area (TPSA) is 86.7 Å². The largest absolute Gasteiger partial charge is 0.726 e. The lowest BCUT2D eigenvalue weighted by atomic mass is 10.3. The molecule has 5 nitrogen and oxygen atoms in total. The molecule has 0 atom stereocenters. The third kappa shape index (κ3) is 4.88. The molecule has 0 aromatic heterocycles. The lowest BCUT2D eigenvalue weighted by Crippen LogP contribution is -3.62. The van der Waals surface area contributed by atoms with Crippen LogP contribution in [0.15, 0.2) is 36.4 Å². The van der Waals surface area contributed by atoms with Gasteiger partial charge in [0.2, 0.25) is 17.5 Å². The predicted octanol–water partition coefficient (Wildman–Crippen LogP) is -0.796. The SMILES string of the molecule is Fc1ccc2c(c1)[I+]c1cc(F)ccc1O2.O=S(=O)([O-])O. The molecule has 9 heteroatoms. The molecular weight excluding hydrogens is 421 g/mol. The molecule has 112 valence electrons. The minimum Gasteiger partial charge on any atom is -0.726 e. The molecule has 0 radical (unpaired) electrons. The van der Waals surface area contributed by atoms with Crippen LogP contribution >= 0.6 is 0 Å². The summed E-state index contributed by atoms with van der Waals surface area (Å²) in [4.78, 5) is 0. The first-order chi connectivity index (χ1) is 9.72. The van der Waals surface area contributed by atoms with E-state index < -0.39 is 31.6 Å². The van der Waals surface area contributed by atoms with Crippen LogP contribution in [-0.2, 0) is 10.4 Å². The highest BCUT2D eigenvalue weighted by Gasteiger charge is 2.32. The zero-order valence-electron chi connectivity index (χ0n) is 10.1. The lowest BCUT2D eigenvalue weighted by Gasteiger charge is -2.10. The quantitative estimate of drug-likeness (QED) is 0.288. The molecule has 0 amide bonds. The van der Waals surface area contributed by atoms with E-state index in [0.717, 1.165) is 7.14 Å². The van der Waals surface area contributed by atoms with Crippen LogP contribution in [0.5, 0.6) is 11.5 Å². The highest BCUT2D eigenvalue weighted by molar-refractivity contribution is 7.79. The van der Waals surface area contributed by atoms with Gasteiger partial charge in [0.05, 0.1) is 0 Å². The fourth-order valence-corrected chi connectivity index (χ4v) is 4.14. The number of hydrogen-bond acceptors (Lipinski definition) is 4. The van der Waals surface area contributed by atoms with Gasteiger partial charge in [-0.15, -0.1) is 0 Å². The number of ether oxygens (including phenoxy) is 1. The first-order valence-corrected chi connectivity index (χ1v) is 8.85. The summed E-state index contributed by atoms with van der Waals surface area (Å²) in [6.45, 7) is 0. The molecule has 0 fully saturated rings. The molecule has 3 rings (SSSR count). The van der Waals surface area contributed by atoms with Crippen LogP contribution in [-0.4, -0.2) is 17.5 Å². The summed E-state index contributed by atoms with van der Waals surface area (Å²) in [5.74, 6) is 0.824. The van der Waals surface area contributed by atoms with Crippen molar-refractivity contribution in [2.45, 2.75) is 0 Å². The Morgan fingerprint density at radius 3 is 1.76 bits per heavy atom. The third-order valence-electron chi connectivity index (χ3n) is 2.21. The summed E-state index contributed by atoms with van der Waals surface area (Å²) in [5, 5.41) is 0. The number of hydrogen-bond donors (Lipinski definition) is 1. The summed E-state index contributed by atoms with van der Waals surface area (Å²) < 4.78 is 66.2. The van der Waals surface area contributed by atoms with Crippen molar-refractivity contribution < 1.29 is 52.2 Å². The van der Waals surface area contributed by atoms with Gasteiger partial charge in [-0.25, -0.2) is 17.2 Å². The van der Waals surface area contributed by atoms with Crippen LogP contribution in [0, 0.1) is 18.8 Å². The Kier molecular flexibility index (Phi) is 4.76. The van der Waals surface area contributed by atoms with Gasteiger partial charge in [0.25, 0.3) is 0 Å². The molecule has 0 saturated carbocycles. The maximum absolute atomic E-state index is 13.0. The Labute approximate surface area is 129 Å². The smallest absolute Gasteiger partial charge is 0.366 e. The van der Waals surface area contributed by atoms with E-state index in [4.69, 9.17) is 22.3 Å². The molecule has 2 aromatic rings. The van der Waals surface area contributed by atoms with Gasteiger partial charge < -0.3 is 9.29 Å². The second kappa shape index (κ2) is 6.22.